The van der Waals surface area contributed by atoms with Gasteiger partial charge in [-0.25, -0.2) is 4.98 Å². The number of aryl methyl sites for hydroxylation is 1. The van der Waals surface area contributed by atoms with Crippen molar-refractivity contribution in [2.75, 3.05) is 31.1 Å². The largest absolute Gasteiger partial charge is 0.466 e. The minimum atomic E-state index is -0.564. The Hall–Kier alpha value is -4.45. The first-order valence-corrected chi connectivity index (χ1v) is 12.8. The lowest BCUT2D eigenvalue weighted by Gasteiger charge is -2.33. The molecular weight excluding hydrogens is 482 g/mol. The molecule has 2 aromatic heterocycles. The number of nitrogens with one attached hydrogen (secondary N) is 1. The van der Waals surface area contributed by atoms with Gasteiger partial charge in [-0.1, -0.05) is 36.4 Å². The van der Waals surface area contributed by atoms with Crippen molar-refractivity contribution < 1.29 is 14.3 Å². The van der Waals surface area contributed by atoms with E-state index in [1.807, 2.05) is 54.3 Å². The predicted octanol–water partition coefficient (Wildman–Crippen LogP) is 3.05. The number of amides is 1. The second kappa shape index (κ2) is 12.2. The number of ether oxygens (including phenoxy) is 1. The van der Waals surface area contributed by atoms with Gasteiger partial charge in [0.2, 0.25) is 0 Å². The van der Waals surface area contributed by atoms with Crippen molar-refractivity contribution in [3.05, 3.63) is 81.3 Å². The number of carbonyl (C=O) groups is 2. The van der Waals surface area contributed by atoms with Gasteiger partial charge in [-0.15, -0.1) is 0 Å². The molecule has 0 unspecified atom stereocenters. The van der Waals surface area contributed by atoms with Crippen LogP contribution in [0.4, 0.5) is 5.82 Å². The SMILES string of the molecule is CCOC(=O)[C@@H]1CCCN(c2nc3c(C)cccn3c(=O)c2/C=C(\C#N)C(=O)NCCc2ccccc2)C1. The molecule has 0 radical (unpaired) electrons. The third-order valence-corrected chi connectivity index (χ3v) is 6.60. The number of fused-ring (bicyclic) bond motifs is 1. The fraction of sp³-hybridized carbons (Fsp3) is 0.345. The smallest absolute Gasteiger partial charge is 0.310 e. The summed E-state index contributed by atoms with van der Waals surface area (Å²) in [7, 11) is 0. The molecule has 9 heteroatoms. The number of benzene rings is 1. The van der Waals surface area contributed by atoms with E-state index >= 15 is 0 Å². The zero-order chi connectivity index (χ0) is 27.1. The molecule has 9 nitrogen and oxygen atoms in total. The summed E-state index contributed by atoms with van der Waals surface area (Å²) >= 11 is 0. The van der Waals surface area contributed by atoms with Crippen molar-refractivity contribution in [1.82, 2.24) is 14.7 Å². The summed E-state index contributed by atoms with van der Waals surface area (Å²) in [5.74, 6) is -0.845. The van der Waals surface area contributed by atoms with Gasteiger partial charge in [-0.2, -0.15) is 5.26 Å². The molecule has 1 fully saturated rings. The van der Waals surface area contributed by atoms with Crippen LogP contribution in [0.15, 0.2) is 59.0 Å². The van der Waals surface area contributed by atoms with Gasteiger partial charge < -0.3 is 15.0 Å². The lowest BCUT2D eigenvalue weighted by Crippen LogP contribution is -2.41. The zero-order valence-corrected chi connectivity index (χ0v) is 21.6. The Morgan fingerprint density at radius 1 is 1.24 bits per heavy atom. The molecule has 1 atom stereocenters. The number of esters is 1. The molecule has 1 aromatic carbocycles. The zero-order valence-electron chi connectivity index (χ0n) is 21.6. The summed E-state index contributed by atoms with van der Waals surface area (Å²) in [6.45, 7) is 5.18. The van der Waals surface area contributed by atoms with Crippen LogP contribution >= 0.6 is 0 Å². The van der Waals surface area contributed by atoms with Gasteiger partial charge in [-0.05, 0) is 56.4 Å². The molecule has 0 spiro atoms. The minimum Gasteiger partial charge on any atom is -0.466 e. The van der Waals surface area contributed by atoms with Gasteiger partial charge in [0.1, 0.15) is 23.1 Å². The van der Waals surface area contributed by atoms with E-state index in [1.54, 1.807) is 19.2 Å². The van der Waals surface area contributed by atoms with E-state index in [0.29, 0.717) is 57.0 Å². The van der Waals surface area contributed by atoms with Crippen molar-refractivity contribution in [3.63, 3.8) is 0 Å². The molecule has 196 valence electrons. The second-order valence-corrected chi connectivity index (χ2v) is 9.24. The predicted molar refractivity (Wildman–Crippen MR) is 145 cm³/mol. The Morgan fingerprint density at radius 2 is 2.03 bits per heavy atom. The third kappa shape index (κ3) is 5.92. The maximum atomic E-state index is 13.7. The van der Waals surface area contributed by atoms with E-state index in [1.165, 1.54) is 10.5 Å². The topological polar surface area (TPSA) is 117 Å². The number of nitrogens with zero attached hydrogens (tertiary/aromatic N) is 4. The molecule has 3 heterocycles. The highest BCUT2D eigenvalue weighted by atomic mass is 16.5. The van der Waals surface area contributed by atoms with Crippen LogP contribution in [0.3, 0.4) is 0 Å². The van der Waals surface area contributed by atoms with Gasteiger partial charge in [-0.3, -0.25) is 18.8 Å². The highest BCUT2D eigenvalue weighted by Crippen LogP contribution is 2.26. The molecule has 1 saturated heterocycles. The van der Waals surface area contributed by atoms with Crippen LogP contribution in [0.5, 0.6) is 0 Å². The maximum absolute atomic E-state index is 13.7. The number of nitriles is 1. The number of hydrogen-bond donors (Lipinski definition) is 1. The molecule has 3 aromatic rings. The first kappa shape index (κ1) is 26.6. The fourth-order valence-corrected chi connectivity index (χ4v) is 4.64. The molecular formula is C29H31N5O4. The van der Waals surface area contributed by atoms with E-state index < -0.39 is 11.5 Å². The summed E-state index contributed by atoms with van der Waals surface area (Å²) in [6, 6.07) is 15.2. The van der Waals surface area contributed by atoms with Crippen LogP contribution in [-0.2, 0) is 20.7 Å². The molecule has 1 aliphatic heterocycles. The van der Waals surface area contributed by atoms with Crippen molar-refractivity contribution in [2.45, 2.75) is 33.1 Å². The monoisotopic (exact) mass is 513 g/mol. The molecule has 38 heavy (non-hydrogen) atoms. The number of aromatic nitrogens is 2. The van der Waals surface area contributed by atoms with Crippen LogP contribution in [0.2, 0.25) is 0 Å². The van der Waals surface area contributed by atoms with E-state index in [2.05, 4.69) is 5.32 Å². The van der Waals surface area contributed by atoms with Crippen molar-refractivity contribution in [3.8, 4) is 6.07 Å². The van der Waals surface area contributed by atoms with Crippen LogP contribution in [0, 0.1) is 24.2 Å². The fourth-order valence-electron chi connectivity index (χ4n) is 4.64. The first-order chi connectivity index (χ1) is 18.4. The van der Waals surface area contributed by atoms with E-state index in [-0.39, 0.29) is 23.0 Å². The van der Waals surface area contributed by atoms with Crippen LogP contribution < -0.4 is 15.8 Å². The molecule has 1 N–H and O–H groups in total. The van der Waals surface area contributed by atoms with Crippen LogP contribution in [0.25, 0.3) is 11.7 Å². The average molecular weight is 514 g/mol. The summed E-state index contributed by atoms with van der Waals surface area (Å²) in [5.41, 5.74) is 1.90. The second-order valence-electron chi connectivity index (χ2n) is 9.24. The van der Waals surface area contributed by atoms with Gasteiger partial charge in [0, 0.05) is 25.8 Å². The molecule has 4 rings (SSSR count). The number of pyridine rings is 1. The molecule has 1 aliphatic rings. The number of rotatable bonds is 8. The Bertz CT molecular complexity index is 1460. The highest BCUT2D eigenvalue weighted by Gasteiger charge is 2.30. The first-order valence-electron chi connectivity index (χ1n) is 12.8. The quantitative estimate of drug-likeness (QED) is 0.280. The number of hydrogen-bond acceptors (Lipinski definition) is 7. The Kier molecular flexibility index (Phi) is 8.54. The molecule has 1 amide bonds. The van der Waals surface area contributed by atoms with Gasteiger partial charge in [0.25, 0.3) is 11.5 Å². The maximum Gasteiger partial charge on any atom is 0.310 e. The lowest BCUT2D eigenvalue weighted by molar-refractivity contribution is -0.148. The minimum absolute atomic E-state index is 0.132. The summed E-state index contributed by atoms with van der Waals surface area (Å²) in [4.78, 5) is 45.7. The Morgan fingerprint density at radius 3 is 2.76 bits per heavy atom. The van der Waals surface area contributed by atoms with E-state index in [0.717, 1.165) is 11.1 Å². The van der Waals surface area contributed by atoms with Gasteiger partial charge in [0.15, 0.2) is 0 Å². The molecule has 0 bridgehead atoms. The van der Waals surface area contributed by atoms with Crippen LogP contribution in [-0.4, -0.2) is 47.5 Å². The standard InChI is InChI=1S/C29H31N5O4/c1-3-38-29(37)22-12-8-15-33(19-22)26-24(28(36)34-16-7-9-20(2)25(34)32-26)17-23(18-30)27(35)31-14-13-21-10-5-4-6-11-21/h4-7,9-11,16-17,22H,3,8,12-15,19H2,1-2H3,(H,31,35)/b23-17+/t22-/m1/s1. The van der Waals surface area contributed by atoms with Crippen molar-refractivity contribution in [2.24, 2.45) is 5.92 Å². The summed E-state index contributed by atoms with van der Waals surface area (Å²) in [5, 5.41) is 12.6. The number of piperidine rings is 1. The molecule has 0 aliphatic carbocycles. The number of anilines is 1. The molecule has 0 saturated carbocycles. The normalized spacial score (nSPS) is 15.7. The van der Waals surface area contributed by atoms with Crippen molar-refractivity contribution >= 4 is 29.4 Å². The number of carbonyl (C=O) groups excluding carboxylic acids is 2. The average Bonchev–Trinajstić information content (AvgIpc) is 2.93. The highest BCUT2D eigenvalue weighted by molar-refractivity contribution is 6.02. The van der Waals surface area contributed by atoms with E-state index in [9.17, 15) is 19.6 Å². The van der Waals surface area contributed by atoms with Gasteiger partial charge in [0.05, 0.1) is 18.1 Å². The Balaban J connectivity index is 1.69. The lowest BCUT2D eigenvalue weighted by atomic mass is 9.97. The summed E-state index contributed by atoms with van der Waals surface area (Å²) < 4.78 is 6.65. The van der Waals surface area contributed by atoms with E-state index in [4.69, 9.17) is 9.72 Å². The summed E-state index contributed by atoms with van der Waals surface area (Å²) in [6.07, 6.45) is 4.93. The third-order valence-electron chi connectivity index (χ3n) is 6.60. The van der Waals surface area contributed by atoms with Crippen LogP contribution in [0.1, 0.15) is 36.5 Å². The van der Waals surface area contributed by atoms with Gasteiger partial charge >= 0.3 is 5.97 Å². The Labute approximate surface area is 221 Å². The van der Waals surface area contributed by atoms with Crippen molar-refractivity contribution in [1.29, 1.82) is 5.26 Å².